The fourth-order valence-electron chi connectivity index (χ4n) is 4.54. The van der Waals surface area contributed by atoms with Gasteiger partial charge in [0.05, 0.1) is 17.3 Å². The normalized spacial score (nSPS) is 15.4. The molecule has 0 radical (unpaired) electrons. The summed E-state index contributed by atoms with van der Waals surface area (Å²) in [7, 11) is 0. The van der Waals surface area contributed by atoms with Crippen LogP contribution in [0.3, 0.4) is 0 Å². The second-order valence-corrected chi connectivity index (χ2v) is 10.2. The smallest absolute Gasteiger partial charge is 0.337 e. The zero-order chi connectivity index (χ0) is 27.9. The van der Waals surface area contributed by atoms with Crippen LogP contribution in [0, 0.1) is 0 Å². The molecule has 4 aromatic rings. The number of H-pyrrole nitrogens is 1. The number of aliphatic carboxylic acids is 1. The molecule has 39 heavy (non-hydrogen) atoms. The number of aromatic nitrogens is 2. The summed E-state index contributed by atoms with van der Waals surface area (Å²) < 4.78 is 30.3. The minimum Gasteiger partial charge on any atom is -0.481 e. The molecule has 1 aliphatic rings. The van der Waals surface area contributed by atoms with Crippen molar-refractivity contribution in [2.45, 2.75) is 24.8 Å². The van der Waals surface area contributed by atoms with Gasteiger partial charge in [0.2, 0.25) is 0 Å². The fourth-order valence-corrected chi connectivity index (χ4v) is 4.93. The highest BCUT2D eigenvalue weighted by Crippen LogP contribution is 2.39. The Morgan fingerprint density at radius 2 is 1.79 bits per heavy atom. The summed E-state index contributed by atoms with van der Waals surface area (Å²) in [6.45, 7) is 0. The van der Waals surface area contributed by atoms with E-state index in [9.17, 15) is 23.2 Å². The van der Waals surface area contributed by atoms with E-state index in [1.165, 1.54) is 18.3 Å². The van der Waals surface area contributed by atoms with E-state index >= 15 is 0 Å². The number of alkyl halides is 2. The molecule has 0 aliphatic carbocycles. The van der Waals surface area contributed by atoms with E-state index in [-0.39, 0.29) is 17.7 Å². The van der Waals surface area contributed by atoms with Gasteiger partial charge in [-0.25, -0.2) is 9.99 Å². The van der Waals surface area contributed by atoms with Crippen LogP contribution in [0.15, 0.2) is 81.2 Å². The maximum atomic E-state index is 14.7. The summed E-state index contributed by atoms with van der Waals surface area (Å²) >= 11 is 9.39. The molecule has 5 rings (SSSR count). The number of amides is 1. The Kier molecular flexibility index (Phi) is 7.04. The molecule has 12 heteroatoms. The third-order valence-electron chi connectivity index (χ3n) is 6.27. The lowest BCUT2D eigenvalue weighted by Crippen LogP contribution is -2.42. The van der Waals surface area contributed by atoms with Gasteiger partial charge in [0, 0.05) is 33.1 Å². The number of carboxylic acid groups (broad SMARTS) is 1. The number of carbonyl (C=O) groups is 2. The molecule has 198 valence electrons. The molecule has 1 atom stereocenters. The van der Waals surface area contributed by atoms with E-state index in [2.05, 4.69) is 31.0 Å². The number of fused-ring (bicyclic) bond motifs is 1. The predicted octanol–water partition coefficient (Wildman–Crippen LogP) is 5.79. The third kappa shape index (κ3) is 5.19. The number of halogens is 4. The zero-order valence-corrected chi connectivity index (χ0v) is 22.2. The highest BCUT2D eigenvalue weighted by Gasteiger charge is 2.49. The molecule has 0 bridgehead atoms. The second-order valence-electron chi connectivity index (χ2n) is 8.85. The Balaban J connectivity index is 1.72. The molecule has 0 saturated carbocycles. The first kappa shape index (κ1) is 26.6. The number of rotatable bonds is 6. The predicted molar refractivity (Wildman–Crippen MR) is 145 cm³/mol. The van der Waals surface area contributed by atoms with Gasteiger partial charge in [0.1, 0.15) is 12.1 Å². The molecule has 2 N–H and O–H groups in total. The highest BCUT2D eigenvalue weighted by atomic mass is 79.9. The Labute approximate surface area is 233 Å². The maximum absolute atomic E-state index is 14.7. The van der Waals surface area contributed by atoms with E-state index < -0.39 is 35.8 Å². The van der Waals surface area contributed by atoms with E-state index in [0.717, 1.165) is 4.47 Å². The van der Waals surface area contributed by atoms with Crippen molar-refractivity contribution in [2.75, 3.05) is 0 Å². The summed E-state index contributed by atoms with van der Waals surface area (Å²) in [6, 6.07) is 15.8. The van der Waals surface area contributed by atoms with Crippen LogP contribution in [0.5, 0.6) is 0 Å². The summed E-state index contributed by atoms with van der Waals surface area (Å²) in [4.78, 5) is 44.5. The SMILES string of the molecule is O=C(O)CC(F)(F)C(=O)N1N=C(c2c(-c3ccc(Br)cc3)c3cccnc3[nH]c2=O)C[C@@H]1c1ccc(Cl)cc1. The monoisotopic (exact) mass is 614 g/mol. The molecular weight excluding hydrogens is 598 g/mol. The number of benzene rings is 2. The van der Waals surface area contributed by atoms with Gasteiger partial charge < -0.3 is 10.1 Å². The first-order valence-corrected chi connectivity index (χ1v) is 12.8. The lowest BCUT2D eigenvalue weighted by Gasteiger charge is -2.25. The molecule has 3 heterocycles. The number of carboxylic acids is 1. The maximum Gasteiger partial charge on any atom is 0.337 e. The van der Waals surface area contributed by atoms with Crippen molar-refractivity contribution >= 4 is 56.2 Å². The minimum absolute atomic E-state index is 0.0827. The Bertz CT molecular complexity index is 1690. The summed E-state index contributed by atoms with van der Waals surface area (Å²) in [5.41, 5.74) is 1.46. The van der Waals surface area contributed by atoms with Crippen molar-refractivity contribution in [3.8, 4) is 11.1 Å². The molecule has 0 fully saturated rings. The van der Waals surface area contributed by atoms with Gasteiger partial charge >= 0.3 is 17.8 Å². The summed E-state index contributed by atoms with van der Waals surface area (Å²) in [5.74, 6) is -7.86. The lowest BCUT2D eigenvalue weighted by atomic mass is 9.91. The molecule has 2 aromatic carbocycles. The Morgan fingerprint density at radius 1 is 1.10 bits per heavy atom. The third-order valence-corrected chi connectivity index (χ3v) is 7.05. The Hall–Kier alpha value is -3.96. The highest BCUT2D eigenvalue weighted by molar-refractivity contribution is 9.10. The van der Waals surface area contributed by atoms with Crippen LogP contribution >= 0.6 is 27.5 Å². The number of pyridine rings is 2. The molecule has 0 unspecified atom stereocenters. The number of nitrogens with zero attached hydrogens (tertiary/aromatic N) is 3. The lowest BCUT2D eigenvalue weighted by molar-refractivity contribution is -0.167. The van der Waals surface area contributed by atoms with Gasteiger partial charge in [-0.05, 0) is 47.5 Å². The zero-order valence-electron chi connectivity index (χ0n) is 19.9. The average molecular weight is 616 g/mol. The van der Waals surface area contributed by atoms with E-state index in [1.807, 2.05) is 0 Å². The minimum atomic E-state index is -4.23. The van der Waals surface area contributed by atoms with Gasteiger partial charge in [0.15, 0.2) is 0 Å². The largest absolute Gasteiger partial charge is 0.481 e. The molecule has 0 spiro atoms. The quantitative estimate of drug-likeness (QED) is 0.285. The number of nitrogens with one attached hydrogen (secondary N) is 1. The second kappa shape index (κ2) is 10.3. The van der Waals surface area contributed by atoms with Crippen LogP contribution in [-0.4, -0.2) is 43.6 Å². The summed E-state index contributed by atoms with van der Waals surface area (Å²) in [6.07, 6.45) is -0.264. The topological polar surface area (TPSA) is 116 Å². The van der Waals surface area contributed by atoms with Crippen LogP contribution in [0.1, 0.15) is 30.0 Å². The van der Waals surface area contributed by atoms with Gasteiger partial charge in [0.25, 0.3) is 5.56 Å². The number of hydrazone groups is 1. The fraction of sp³-hybridized carbons (Fsp3) is 0.148. The molecular formula is C27H18BrClF2N4O4. The molecule has 0 saturated heterocycles. The van der Waals surface area contributed by atoms with Crippen molar-refractivity contribution in [1.29, 1.82) is 0 Å². The van der Waals surface area contributed by atoms with Gasteiger partial charge in [-0.3, -0.25) is 14.4 Å². The molecule has 1 aliphatic heterocycles. The van der Waals surface area contributed by atoms with E-state index in [0.29, 0.717) is 37.8 Å². The van der Waals surface area contributed by atoms with Crippen molar-refractivity contribution in [1.82, 2.24) is 15.0 Å². The van der Waals surface area contributed by atoms with Gasteiger partial charge in [-0.15, -0.1) is 0 Å². The van der Waals surface area contributed by atoms with Crippen molar-refractivity contribution < 1.29 is 23.5 Å². The number of hydrogen-bond donors (Lipinski definition) is 2. The van der Waals surface area contributed by atoms with Gasteiger partial charge in [-0.1, -0.05) is 51.8 Å². The van der Waals surface area contributed by atoms with Crippen LogP contribution < -0.4 is 5.56 Å². The molecule has 1 amide bonds. The Morgan fingerprint density at radius 3 is 2.46 bits per heavy atom. The van der Waals surface area contributed by atoms with Gasteiger partial charge in [-0.2, -0.15) is 13.9 Å². The first-order chi connectivity index (χ1) is 18.5. The van der Waals surface area contributed by atoms with Crippen molar-refractivity contribution in [3.63, 3.8) is 0 Å². The van der Waals surface area contributed by atoms with Crippen LogP contribution in [0.2, 0.25) is 5.02 Å². The van der Waals surface area contributed by atoms with Crippen molar-refractivity contribution in [2.24, 2.45) is 5.10 Å². The molecule has 8 nitrogen and oxygen atoms in total. The van der Waals surface area contributed by atoms with Crippen LogP contribution in [0.25, 0.3) is 22.2 Å². The summed E-state index contributed by atoms with van der Waals surface area (Å²) in [5, 5.41) is 14.7. The standard InChI is InChI=1S/C27H18BrClF2N4O4/c28-16-7-3-15(4-8-16)22-18-2-1-11-32-24(18)33-25(38)23(22)19-12-20(14-5-9-17(29)10-6-14)35(34-19)26(39)27(30,31)13-21(36)37/h1-11,20H,12-13H2,(H,36,37)(H,32,33,38)/t20-/m1/s1. The van der Waals surface area contributed by atoms with Crippen molar-refractivity contribution in [3.05, 3.63) is 97.8 Å². The van der Waals surface area contributed by atoms with E-state index in [1.54, 1.807) is 48.5 Å². The number of aromatic amines is 1. The van der Waals surface area contributed by atoms with Crippen LogP contribution in [0.4, 0.5) is 8.78 Å². The number of hydrogen-bond acceptors (Lipinski definition) is 5. The van der Waals surface area contributed by atoms with Crippen LogP contribution in [-0.2, 0) is 9.59 Å². The number of carbonyl (C=O) groups excluding carboxylic acids is 1. The molecule has 2 aromatic heterocycles. The first-order valence-electron chi connectivity index (χ1n) is 11.6. The average Bonchev–Trinajstić information content (AvgIpc) is 3.32. The van der Waals surface area contributed by atoms with E-state index in [4.69, 9.17) is 16.7 Å².